The van der Waals surface area contributed by atoms with E-state index >= 15 is 0 Å². The lowest BCUT2D eigenvalue weighted by molar-refractivity contribution is -0.672. The number of nitrogens with zero attached hydrogens (tertiary/aromatic N) is 2. The largest absolute Gasteiger partial charge is 0.244 e. The first-order valence-corrected chi connectivity index (χ1v) is 9.15. The first-order chi connectivity index (χ1) is 10.9. The lowest BCUT2D eigenvalue weighted by Gasteiger charge is -2.02. The van der Waals surface area contributed by atoms with Gasteiger partial charge in [-0.25, -0.2) is 4.98 Å². The second-order valence-corrected chi connectivity index (χ2v) is 6.29. The summed E-state index contributed by atoms with van der Waals surface area (Å²) in [4.78, 5) is 4.42. The number of benzene rings is 1. The number of unbranched alkanes of at least 4 members (excludes halogenated alkanes) is 9. The Balaban J connectivity index is 1.59. The number of para-hydroxylation sites is 2. The van der Waals surface area contributed by atoms with E-state index in [1.54, 1.807) is 0 Å². The summed E-state index contributed by atoms with van der Waals surface area (Å²) in [5.74, 6) is 0. The van der Waals surface area contributed by atoms with Gasteiger partial charge in [0.2, 0.25) is 5.52 Å². The van der Waals surface area contributed by atoms with E-state index in [1.807, 2.05) is 6.20 Å². The van der Waals surface area contributed by atoms with Gasteiger partial charge in [0.15, 0.2) is 6.20 Å². The predicted molar refractivity (Wildman–Crippen MR) is 93.8 cm³/mol. The van der Waals surface area contributed by atoms with Crippen LogP contribution in [0, 0.1) is 0 Å². The van der Waals surface area contributed by atoms with Crippen LogP contribution in [0.15, 0.2) is 36.7 Å². The molecule has 0 aliphatic rings. The highest BCUT2D eigenvalue weighted by Crippen LogP contribution is 2.11. The molecule has 0 spiro atoms. The fraction of sp³-hybridized carbons (Fsp3) is 0.600. The molecule has 0 aliphatic heterocycles. The molecule has 2 rings (SSSR count). The molecule has 1 heterocycles. The van der Waals surface area contributed by atoms with Crippen molar-refractivity contribution in [2.24, 2.45) is 0 Å². The summed E-state index contributed by atoms with van der Waals surface area (Å²) in [5, 5.41) is 0. The van der Waals surface area contributed by atoms with Gasteiger partial charge in [0, 0.05) is 12.5 Å². The van der Waals surface area contributed by atoms with Crippen LogP contribution in [-0.2, 0) is 6.54 Å². The molecule has 0 N–H and O–H groups in total. The Morgan fingerprint density at radius 3 is 2.18 bits per heavy atom. The van der Waals surface area contributed by atoms with Gasteiger partial charge in [0.05, 0.1) is 6.20 Å². The molecule has 0 amide bonds. The van der Waals surface area contributed by atoms with Gasteiger partial charge < -0.3 is 0 Å². The van der Waals surface area contributed by atoms with Gasteiger partial charge in [-0.15, -0.1) is 0 Å². The quantitative estimate of drug-likeness (QED) is 0.398. The van der Waals surface area contributed by atoms with Crippen LogP contribution in [-0.4, -0.2) is 4.98 Å². The number of hydrogen-bond donors (Lipinski definition) is 0. The average Bonchev–Trinajstić information content (AvgIpc) is 2.56. The van der Waals surface area contributed by atoms with Crippen molar-refractivity contribution in [1.29, 1.82) is 0 Å². The molecule has 0 unspecified atom stereocenters. The monoisotopic (exact) mass is 299 g/mol. The van der Waals surface area contributed by atoms with E-state index < -0.39 is 0 Å². The van der Waals surface area contributed by atoms with Crippen LogP contribution in [0.3, 0.4) is 0 Å². The molecule has 0 aliphatic carbocycles. The zero-order chi connectivity index (χ0) is 15.5. The van der Waals surface area contributed by atoms with Crippen molar-refractivity contribution in [2.45, 2.75) is 77.7 Å². The van der Waals surface area contributed by atoms with E-state index in [-0.39, 0.29) is 0 Å². The molecule has 0 saturated carbocycles. The predicted octanol–water partition coefficient (Wildman–Crippen LogP) is 5.44. The lowest BCUT2D eigenvalue weighted by atomic mass is 10.1. The van der Waals surface area contributed by atoms with Gasteiger partial charge in [-0.3, -0.25) is 0 Å². The zero-order valence-corrected chi connectivity index (χ0v) is 14.1. The number of aryl methyl sites for hydroxylation is 1. The SMILES string of the molecule is CCCCCCCCCCCC[n+]1ccnc2ccccc21. The highest BCUT2D eigenvalue weighted by molar-refractivity contribution is 5.69. The molecule has 1 aromatic carbocycles. The summed E-state index contributed by atoms with van der Waals surface area (Å²) in [6, 6.07) is 8.41. The van der Waals surface area contributed by atoms with E-state index in [4.69, 9.17) is 0 Å². The first-order valence-electron chi connectivity index (χ1n) is 9.15. The van der Waals surface area contributed by atoms with Crippen LogP contribution in [0.25, 0.3) is 11.0 Å². The van der Waals surface area contributed by atoms with E-state index in [0.29, 0.717) is 0 Å². The molecule has 2 heteroatoms. The Kier molecular flexibility index (Phi) is 7.93. The van der Waals surface area contributed by atoms with Crippen LogP contribution in [0.4, 0.5) is 0 Å². The molecule has 2 nitrogen and oxygen atoms in total. The summed E-state index contributed by atoms with van der Waals surface area (Å²) in [6.45, 7) is 3.39. The highest BCUT2D eigenvalue weighted by Gasteiger charge is 2.07. The van der Waals surface area contributed by atoms with Crippen LogP contribution >= 0.6 is 0 Å². The van der Waals surface area contributed by atoms with Gasteiger partial charge in [0.1, 0.15) is 12.1 Å². The van der Waals surface area contributed by atoms with Crippen LogP contribution < -0.4 is 4.57 Å². The minimum atomic E-state index is 1.09. The minimum Gasteiger partial charge on any atom is -0.244 e. The van der Waals surface area contributed by atoms with E-state index in [1.165, 1.54) is 69.7 Å². The Labute approximate surface area is 135 Å². The number of aromatic nitrogens is 2. The third kappa shape index (κ3) is 5.75. The molecule has 22 heavy (non-hydrogen) atoms. The molecule has 0 saturated heterocycles. The van der Waals surface area contributed by atoms with E-state index in [0.717, 1.165) is 12.1 Å². The minimum absolute atomic E-state index is 1.09. The second kappa shape index (κ2) is 10.3. The maximum atomic E-state index is 4.42. The van der Waals surface area contributed by atoms with Gasteiger partial charge in [-0.2, -0.15) is 4.57 Å². The Bertz CT molecular complexity index is 531. The maximum absolute atomic E-state index is 4.42. The first kappa shape index (κ1) is 16.9. The Hall–Kier alpha value is -1.44. The van der Waals surface area contributed by atoms with Crippen molar-refractivity contribution in [1.82, 2.24) is 4.98 Å². The fourth-order valence-corrected chi connectivity index (χ4v) is 3.06. The topological polar surface area (TPSA) is 16.8 Å². The zero-order valence-electron chi connectivity index (χ0n) is 14.1. The van der Waals surface area contributed by atoms with E-state index in [2.05, 4.69) is 46.9 Å². The van der Waals surface area contributed by atoms with Crippen LogP contribution in [0.5, 0.6) is 0 Å². The third-order valence-corrected chi connectivity index (χ3v) is 4.40. The van der Waals surface area contributed by atoms with Crippen LogP contribution in [0.1, 0.15) is 71.1 Å². The maximum Gasteiger partial charge on any atom is 0.231 e. The van der Waals surface area contributed by atoms with Crippen molar-refractivity contribution in [3.63, 3.8) is 0 Å². The summed E-state index contributed by atoms with van der Waals surface area (Å²) in [7, 11) is 0. The van der Waals surface area contributed by atoms with Crippen LogP contribution in [0.2, 0.25) is 0 Å². The fourth-order valence-electron chi connectivity index (χ4n) is 3.06. The number of rotatable bonds is 11. The second-order valence-electron chi connectivity index (χ2n) is 6.29. The van der Waals surface area contributed by atoms with Gasteiger partial charge in [-0.05, 0) is 12.5 Å². The molecule has 0 bridgehead atoms. The van der Waals surface area contributed by atoms with Crippen molar-refractivity contribution < 1.29 is 4.57 Å². The molecule has 1 aromatic heterocycles. The van der Waals surface area contributed by atoms with Crippen molar-refractivity contribution >= 4 is 11.0 Å². The summed E-state index contributed by atoms with van der Waals surface area (Å²) in [6.07, 6.45) is 17.9. The Morgan fingerprint density at radius 1 is 0.818 bits per heavy atom. The van der Waals surface area contributed by atoms with Gasteiger partial charge in [0.25, 0.3) is 0 Å². The molecule has 2 aromatic rings. The molecule has 0 fully saturated rings. The Morgan fingerprint density at radius 2 is 1.45 bits per heavy atom. The lowest BCUT2D eigenvalue weighted by Crippen LogP contribution is -2.34. The third-order valence-electron chi connectivity index (χ3n) is 4.40. The van der Waals surface area contributed by atoms with E-state index in [9.17, 15) is 0 Å². The molecule has 0 radical (unpaired) electrons. The summed E-state index contributed by atoms with van der Waals surface area (Å²) in [5.41, 5.74) is 2.35. The number of fused-ring (bicyclic) bond motifs is 1. The number of hydrogen-bond acceptors (Lipinski definition) is 1. The van der Waals surface area contributed by atoms with Gasteiger partial charge >= 0.3 is 0 Å². The smallest absolute Gasteiger partial charge is 0.231 e. The highest BCUT2D eigenvalue weighted by atomic mass is 15.0. The molecular weight excluding hydrogens is 268 g/mol. The summed E-state index contributed by atoms with van der Waals surface area (Å²) >= 11 is 0. The molecular formula is C20H31N2+. The average molecular weight is 299 g/mol. The summed E-state index contributed by atoms with van der Waals surface area (Å²) < 4.78 is 2.34. The van der Waals surface area contributed by atoms with Crippen molar-refractivity contribution in [2.75, 3.05) is 0 Å². The van der Waals surface area contributed by atoms with Crippen molar-refractivity contribution in [3.05, 3.63) is 36.7 Å². The van der Waals surface area contributed by atoms with Crippen molar-refractivity contribution in [3.8, 4) is 0 Å². The standard InChI is InChI=1S/C20H31N2/c1-2-3-4-5-6-7-8-9-10-13-17-22-18-16-21-19-14-11-12-15-20(19)22/h11-12,14-16,18H,2-10,13,17H2,1H3/q+1. The molecule has 120 valence electrons. The normalized spacial score (nSPS) is 11.1. The molecule has 0 atom stereocenters. The van der Waals surface area contributed by atoms with Gasteiger partial charge in [-0.1, -0.05) is 70.4 Å².